The number of aromatic nitrogens is 3. The van der Waals surface area contributed by atoms with Crippen molar-refractivity contribution < 1.29 is 14.6 Å². The molecular formula is C15H17BrN4O3S. The lowest BCUT2D eigenvalue weighted by atomic mass is 10.2. The predicted octanol–water partition coefficient (Wildman–Crippen LogP) is 3.54. The summed E-state index contributed by atoms with van der Waals surface area (Å²) in [6.45, 7) is 3.03. The van der Waals surface area contributed by atoms with E-state index in [2.05, 4.69) is 31.2 Å². The zero-order valence-electron chi connectivity index (χ0n) is 13.0. The molecule has 2 aromatic rings. The third-order valence-electron chi connectivity index (χ3n) is 3.57. The van der Waals surface area contributed by atoms with E-state index in [9.17, 15) is 5.11 Å². The second-order valence-corrected chi connectivity index (χ2v) is 6.47. The van der Waals surface area contributed by atoms with Gasteiger partial charge in [0, 0.05) is 6.61 Å². The smallest absolute Gasteiger partial charge is 0.216 e. The minimum absolute atomic E-state index is 0.0639. The molecule has 0 amide bonds. The maximum Gasteiger partial charge on any atom is 0.216 e. The number of nitrogens with one attached hydrogen (secondary N) is 1. The van der Waals surface area contributed by atoms with Gasteiger partial charge in [0.15, 0.2) is 17.3 Å². The summed E-state index contributed by atoms with van der Waals surface area (Å²) in [6.07, 6.45) is 3.43. The molecule has 0 saturated carbocycles. The lowest BCUT2D eigenvalue weighted by molar-refractivity contribution is 0.102. The van der Waals surface area contributed by atoms with Gasteiger partial charge in [-0.2, -0.15) is 14.9 Å². The first-order chi connectivity index (χ1) is 11.6. The van der Waals surface area contributed by atoms with Gasteiger partial charge < -0.3 is 14.6 Å². The molecule has 1 saturated heterocycles. The first-order valence-electron chi connectivity index (χ1n) is 7.58. The van der Waals surface area contributed by atoms with Crippen molar-refractivity contribution >= 4 is 34.4 Å². The molecule has 128 valence electrons. The molecular weight excluding hydrogens is 396 g/mol. The van der Waals surface area contributed by atoms with Gasteiger partial charge in [-0.1, -0.05) is 0 Å². The van der Waals surface area contributed by atoms with Gasteiger partial charge >= 0.3 is 0 Å². The van der Waals surface area contributed by atoms with E-state index < -0.39 is 0 Å². The minimum atomic E-state index is -0.0966. The fourth-order valence-corrected chi connectivity index (χ4v) is 3.11. The molecule has 1 fully saturated rings. The maximum atomic E-state index is 9.97. The fourth-order valence-electron chi connectivity index (χ4n) is 2.46. The molecule has 0 spiro atoms. The second-order valence-electron chi connectivity index (χ2n) is 5.23. The Morgan fingerprint density at radius 1 is 1.62 bits per heavy atom. The molecule has 1 atom stereocenters. The third-order valence-corrected chi connectivity index (χ3v) is 4.43. The number of nitrogens with zero attached hydrogens (tertiary/aromatic N) is 3. The number of benzene rings is 1. The first kappa shape index (κ1) is 17.1. The van der Waals surface area contributed by atoms with Crippen LogP contribution in [-0.4, -0.2) is 39.4 Å². The fraction of sp³-hybridized carbons (Fsp3) is 0.400. The molecule has 1 aromatic heterocycles. The van der Waals surface area contributed by atoms with E-state index in [1.807, 2.05) is 6.92 Å². The van der Waals surface area contributed by atoms with Gasteiger partial charge in [-0.3, -0.25) is 5.10 Å². The predicted molar refractivity (Wildman–Crippen MR) is 95.3 cm³/mol. The summed E-state index contributed by atoms with van der Waals surface area (Å²) in [5.74, 6) is 1.12. The number of hydrogen-bond acceptors (Lipinski definition) is 6. The first-order valence-corrected chi connectivity index (χ1v) is 8.79. The van der Waals surface area contributed by atoms with Crippen molar-refractivity contribution in [3.8, 4) is 11.5 Å². The number of ether oxygens (including phenoxy) is 2. The zero-order valence-corrected chi connectivity index (χ0v) is 15.4. The van der Waals surface area contributed by atoms with Crippen molar-refractivity contribution in [3.05, 3.63) is 32.8 Å². The summed E-state index contributed by atoms with van der Waals surface area (Å²) in [7, 11) is 0. The summed E-state index contributed by atoms with van der Waals surface area (Å²) in [5, 5.41) is 21.3. The van der Waals surface area contributed by atoms with Crippen LogP contribution < -0.4 is 4.74 Å². The molecule has 7 nitrogen and oxygen atoms in total. The molecule has 0 radical (unpaired) electrons. The van der Waals surface area contributed by atoms with Crippen molar-refractivity contribution in [3.63, 3.8) is 0 Å². The van der Waals surface area contributed by atoms with Gasteiger partial charge in [0.05, 0.1) is 17.3 Å². The van der Waals surface area contributed by atoms with E-state index in [0.717, 1.165) is 25.0 Å². The summed E-state index contributed by atoms with van der Waals surface area (Å²) in [5.41, 5.74) is 0.754. The molecule has 1 aliphatic rings. The molecule has 1 aliphatic heterocycles. The molecule has 0 bridgehead atoms. The van der Waals surface area contributed by atoms with Crippen LogP contribution in [0.4, 0.5) is 0 Å². The van der Waals surface area contributed by atoms with E-state index in [-0.39, 0.29) is 11.9 Å². The Bertz CT molecular complexity index is 812. The van der Waals surface area contributed by atoms with Gasteiger partial charge in [0.2, 0.25) is 4.77 Å². The van der Waals surface area contributed by atoms with Gasteiger partial charge in [-0.05, 0) is 65.6 Å². The number of halogens is 1. The lowest BCUT2D eigenvalue weighted by Gasteiger charge is -2.09. The molecule has 2 N–H and O–H groups in total. The standard InChI is InChI=1S/C15H17BrN4O3S/c1-2-22-12-7-9(6-10(16)13(12)21)8-17-20-14(18-19-15(20)24)11-4-3-5-23-11/h6-8,11,21H,2-5H2,1H3,(H,19,24)/b17-8-. The van der Waals surface area contributed by atoms with Gasteiger partial charge in [0.1, 0.15) is 6.10 Å². The monoisotopic (exact) mass is 412 g/mol. The van der Waals surface area contributed by atoms with Crippen LogP contribution in [0.15, 0.2) is 21.7 Å². The maximum absolute atomic E-state index is 9.97. The molecule has 1 unspecified atom stereocenters. The topological polar surface area (TPSA) is 84.7 Å². The quantitative estimate of drug-likeness (QED) is 0.579. The largest absolute Gasteiger partial charge is 0.503 e. The Hall–Kier alpha value is -1.71. The van der Waals surface area contributed by atoms with Gasteiger partial charge in [-0.15, -0.1) is 0 Å². The Kier molecular flexibility index (Phi) is 5.32. The summed E-state index contributed by atoms with van der Waals surface area (Å²) >= 11 is 8.55. The van der Waals surface area contributed by atoms with Crippen molar-refractivity contribution in [1.82, 2.24) is 14.9 Å². The molecule has 2 heterocycles. The van der Waals surface area contributed by atoms with E-state index in [0.29, 0.717) is 27.4 Å². The third kappa shape index (κ3) is 3.52. The molecule has 24 heavy (non-hydrogen) atoms. The van der Waals surface area contributed by atoms with Crippen molar-refractivity contribution in [2.45, 2.75) is 25.9 Å². The van der Waals surface area contributed by atoms with Crippen LogP contribution in [0, 0.1) is 4.77 Å². The highest BCUT2D eigenvalue weighted by molar-refractivity contribution is 9.10. The Morgan fingerprint density at radius 2 is 2.46 bits per heavy atom. The average molecular weight is 413 g/mol. The Balaban J connectivity index is 1.91. The highest BCUT2D eigenvalue weighted by Crippen LogP contribution is 2.35. The summed E-state index contributed by atoms with van der Waals surface area (Å²) in [4.78, 5) is 0. The second kappa shape index (κ2) is 7.45. The van der Waals surface area contributed by atoms with Crippen LogP contribution in [0.5, 0.6) is 11.5 Å². The van der Waals surface area contributed by atoms with E-state index in [1.54, 1.807) is 23.0 Å². The number of aromatic hydroxyl groups is 1. The Morgan fingerprint density at radius 3 is 3.17 bits per heavy atom. The summed E-state index contributed by atoms with van der Waals surface area (Å²) in [6, 6.07) is 3.46. The normalized spacial score (nSPS) is 17.7. The highest BCUT2D eigenvalue weighted by atomic mass is 79.9. The minimum Gasteiger partial charge on any atom is -0.503 e. The van der Waals surface area contributed by atoms with Crippen LogP contribution in [0.3, 0.4) is 0 Å². The van der Waals surface area contributed by atoms with Gasteiger partial charge in [0.25, 0.3) is 0 Å². The number of phenolic OH excluding ortho intramolecular Hbond substituents is 1. The van der Waals surface area contributed by atoms with Crippen molar-refractivity contribution in [2.75, 3.05) is 13.2 Å². The van der Waals surface area contributed by atoms with Crippen LogP contribution in [-0.2, 0) is 4.74 Å². The van der Waals surface area contributed by atoms with E-state index in [4.69, 9.17) is 21.7 Å². The highest BCUT2D eigenvalue weighted by Gasteiger charge is 2.23. The number of H-pyrrole nitrogens is 1. The van der Waals surface area contributed by atoms with Crippen molar-refractivity contribution in [1.29, 1.82) is 0 Å². The molecule has 0 aliphatic carbocycles. The average Bonchev–Trinajstić information content (AvgIpc) is 3.20. The molecule has 9 heteroatoms. The van der Waals surface area contributed by atoms with Crippen LogP contribution in [0.25, 0.3) is 0 Å². The molecule has 3 rings (SSSR count). The molecule has 1 aromatic carbocycles. The van der Waals surface area contributed by atoms with E-state index in [1.165, 1.54) is 0 Å². The van der Waals surface area contributed by atoms with Crippen LogP contribution in [0.2, 0.25) is 0 Å². The Labute approximate surface area is 152 Å². The van der Waals surface area contributed by atoms with Gasteiger partial charge in [-0.25, -0.2) is 0 Å². The zero-order chi connectivity index (χ0) is 17.1. The SMILES string of the molecule is CCOc1cc(/C=N\n2c(C3CCCO3)n[nH]c2=S)cc(Br)c1O. The van der Waals surface area contributed by atoms with E-state index >= 15 is 0 Å². The summed E-state index contributed by atoms with van der Waals surface area (Å²) < 4.78 is 13.6. The number of rotatable bonds is 5. The van der Waals surface area contributed by atoms with Crippen LogP contribution in [0.1, 0.15) is 37.3 Å². The number of phenols is 1. The number of aromatic amines is 1. The lowest BCUT2D eigenvalue weighted by Crippen LogP contribution is -2.05. The van der Waals surface area contributed by atoms with Crippen molar-refractivity contribution in [2.24, 2.45) is 5.10 Å². The van der Waals surface area contributed by atoms with Crippen LogP contribution >= 0.6 is 28.1 Å². The number of hydrogen-bond donors (Lipinski definition) is 2.